The fourth-order valence-corrected chi connectivity index (χ4v) is 1.82. The molecular formula is C15H16FN3O. The Bertz CT molecular complexity index is 582. The van der Waals surface area contributed by atoms with Crippen molar-refractivity contribution >= 4 is 11.7 Å². The van der Waals surface area contributed by atoms with E-state index in [0.29, 0.717) is 5.69 Å². The molecule has 0 atom stereocenters. The summed E-state index contributed by atoms with van der Waals surface area (Å²) < 4.78 is 12.9. The van der Waals surface area contributed by atoms with E-state index in [1.807, 2.05) is 13.8 Å². The summed E-state index contributed by atoms with van der Waals surface area (Å²) in [7, 11) is 0. The molecule has 104 valence electrons. The molecule has 2 rings (SSSR count). The molecule has 0 aliphatic heterocycles. The zero-order valence-corrected chi connectivity index (χ0v) is 11.4. The van der Waals surface area contributed by atoms with Gasteiger partial charge in [-0.1, -0.05) is 12.1 Å². The normalized spacial score (nSPS) is 10.9. The summed E-state index contributed by atoms with van der Waals surface area (Å²) in [5.74, 6) is -0.302. The molecule has 0 saturated heterocycles. The highest BCUT2D eigenvalue weighted by atomic mass is 19.1. The van der Waals surface area contributed by atoms with Gasteiger partial charge in [0.15, 0.2) is 0 Å². The first-order chi connectivity index (χ1) is 9.47. The van der Waals surface area contributed by atoms with Crippen molar-refractivity contribution in [3.63, 3.8) is 0 Å². The van der Waals surface area contributed by atoms with E-state index >= 15 is 0 Å². The van der Waals surface area contributed by atoms with E-state index < -0.39 is 5.54 Å². The number of carbonyl (C=O) groups is 1. The summed E-state index contributed by atoms with van der Waals surface area (Å²) in [5, 5.41) is 5.53. The predicted molar refractivity (Wildman–Crippen MR) is 75.8 cm³/mol. The molecule has 0 unspecified atom stereocenters. The number of hydrogen-bond donors (Lipinski definition) is 2. The predicted octanol–water partition coefficient (Wildman–Crippen LogP) is 3.28. The molecule has 5 heteroatoms. The maximum absolute atomic E-state index is 12.9. The van der Waals surface area contributed by atoms with E-state index in [1.165, 1.54) is 12.1 Å². The van der Waals surface area contributed by atoms with Gasteiger partial charge in [0.05, 0.1) is 17.4 Å². The highest BCUT2D eigenvalue weighted by molar-refractivity contribution is 5.89. The van der Waals surface area contributed by atoms with Crippen LogP contribution in [-0.2, 0) is 5.54 Å². The van der Waals surface area contributed by atoms with E-state index in [0.717, 1.165) is 5.56 Å². The van der Waals surface area contributed by atoms with Crippen LogP contribution in [-0.4, -0.2) is 11.0 Å². The van der Waals surface area contributed by atoms with Gasteiger partial charge in [0.25, 0.3) is 0 Å². The lowest BCUT2D eigenvalue weighted by Gasteiger charge is -2.27. The number of urea groups is 1. The van der Waals surface area contributed by atoms with Gasteiger partial charge in [0.2, 0.25) is 0 Å². The largest absolute Gasteiger partial charge is 0.329 e. The van der Waals surface area contributed by atoms with Crippen molar-refractivity contribution in [2.24, 2.45) is 0 Å². The van der Waals surface area contributed by atoms with Crippen LogP contribution in [0.4, 0.5) is 14.9 Å². The summed E-state index contributed by atoms with van der Waals surface area (Å²) in [6.45, 7) is 3.70. The van der Waals surface area contributed by atoms with Crippen molar-refractivity contribution in [1.82, 2.24) is 10.3 Å². The summed E-state index contributed by atoms with van der Waals surface area (Å²) in [5.41, 5.74) is 0.820. The number of nitrogens with one attached hydrogen (secondary N) is 2. The first-order valence-corrected chi connectivity index (χ1v) is 6.22. The van der Waals surface area contributed by atoms with Gasteiger partial charge >= 0.3 is 6.03 Å². The first kappa shape index (κ1) is 14.0. The third-order valence-corrected chi connectivity index (χ3v) is 2.91. The monoisotopic (exact) mass is 273 g/mol. The molecule has 1 aromatic carbocycles. The van der Waals surface area contributed by atoms with Gasteiger partial charge < -0.3 is 10.6 Å². The number of carbonyl (C=O) groups excluding carboxylic acids is 1. The van der Waals surface area contributed by atoms with E-state index in [9.17, 15) is 9.18 Å². The van der Waals surface area contributed by atoms with Crippen LogP contribution < -0.4 is 10.6 Å². The Labute approximate surface area is 117 Å². The minimum Gasteiger partial charge on any atom is -0.329 e. The van der Waals surface area contributed by atoms with Crippen molar-refractivity contribution in [2.45, 2.75) is 19.4 Å². The van der Waals surface area contributed by atoms with Gasteiger partial charge in [0, 0.05) is 6.20 Å². The van der Waals surface area contributed by atoms with Gasteiger partial charge in [-0.25, -0.2) is 9.18 Å². The lowest BCUT2D eigenvalue weighted by molar-refractivity contribution is 0.242. The molecule has 2 N–H and O–H groups in total. The number of aromatic nitrogens is 1. The van der Waals surface area contributed by atoms with E-state index in [1.54, 1.807) is 36.7 Å². The van der Waals surface area contributed by atoms with Crippen LogP contribution in [0.3, 0.4) is 0 Å². The number of anilines is 1. The molecule has 0 aliphatic carbocycles. The minimum atomic E-state index is -0.611. The van der Waals surface area contributed by atoms with Crippen LogP contribution in [0.5, 0.6) is 0 Å². The molecule has 0 aliphatic rings. The average Bonchev–Trinajstić information content (AvgIpc) is 2.39. The molecule has 0 bridgehead atoms. The van der Waals surface area contributed by atoms with Crippen LogP contribution >= 0.6 is 0 Å². The van der Waals surface area contributed by atoms with Crippen LogP contribution in [0.15, 0.2) is 48.8 Å². The molecule has 20 heavy (non-hydrogen) atoms. The third-order valence-electron chi connectivity index (χ3n) is 2.91. The van der Waals surface area contributed by atoms with Gasteiger partial charge in [-0.2, -0.15) is 0 Å². The quantitative estimate of drug-likeness (QED) is 0.901. The number of halogens is 1. The minimum absolute atomic E-state index is 0.302. The topological polar surface area (TPSA) is 54.0 Å². The SMILES string of the molecule is CC(C)(NC(=O)Nc1cccnc1)c1ccc(F)cc1. The summed E-state index contributed by atoms with van der Waals surface area (Å²) in [6.07, 6.45) is 3.19. The zero-order chi connectivity index (χ0) is 14.6. The van der Waals surface area contributed by atoms with Crippen molar-refractivity contribution in [1.29, 1.82) is 0 Å². The number of nitrogens with zero attached hydrogens (tertiary/aromatic N) is 1. The van der Waals surface area contributed by atoms with Crippen molar-refractivity contribution < 1.29 is 9.18 Å². The highest BCUT2D eigenvalue weighted by Crippen LogP contribution is 2.20. The Balaban J connectivity index is 2.04. The Morgan fingerprint density at radius 2 is 1.90 bits per heavy atom. The fraction of sp³-hybridized carbons (Fsp3) is 0.200. The molecule has 0 radical (unpaired) electrons. The summed E-state index contributed by atoms with van der Waals surface area (Å²) >= 11 is 0. The molecule has 2 aromatic rings. The molecule has 2 amide bonds. The standard InChI is InChI=1S/C15H16FN3O/c1-15(2,11-5-7-12(16)8-6-11)19-14(20)18-13-4-3-9-17-10-13/h3-10H,1-2H3,(H2,18,19,20). The van der Waals surface area contributed by atoms with Crippen LogP contribution in [0.25, 0.3) is 0 Å². The molecule has 0 fully saturated rings. The Morgan fingerprint density at radius 3 is 2.50 bits per heavy atom. The first-order valence-electron chi connectivity index (χ1n) is 6.22. The maximum atomic E-state index is 12.9. The van der Waals surface area contributed by atoms with Crippen molar-refractivity contribution in [3.8, 4) is 0 Å². The number of hydrogen-bond acceptors (Lipinski definition) is 2. The van der Waals surface area contributed by atoms with Gasteiger partial charge in [-0.3, -0.25) is 4.98 Å². The maximum Gasteiger partial charge on any atom is 0.319 e. The lowest BCUT2D eigenvalue weighted by atomic mass is 9.94. The number of amides is 2. The summed E-state index contributed by atoms with van der Waals surface area (Å²) in [4.78, 5) is 15.9. The van der Waals surface area contributed by atoms with Crippen LogP contribution in [0.2, 0.25) is 0 Å². The zero-order valence-electron chi connectivity index (χ0n) is 11.4. The Kier molecular flexibility index (Phi) is 3.98. The summed E-state index contributed by atoms with van der Waals surface area (Å²) in [6, 6.07) is 9.19. The van der Waals surface area contributed by atoms with E-state index in [4.69, 9.17) is 0 Å². The number of benzene rings is 1. The Hall–Kier alpha value is -2.43. The van der Waals surface area contributed by atoms with Gasteiger partial charge in [0.1, 0.15) is 5.82 Å². The van der Waals surface area contributed by atoms with Gasteiger partial charge in [-0.15, -0.1) is 0 Å². The van der Waals surface area contributed by atoms with Crippen LogP contribution in [0, 0.1) is 5.82 Å². The number of rotatable bonds is 3. The average molecular weight is 273 g/mol. The smallest absolute Gasteiger partial charge is 0.319 e. The lowest BCUT2D eigenvalue weighted by Crippen LogP contribution is -2.43. The molecular weight excluding hydrogens is 257 g/mol. The van der Waals surface area contributed by atoms with E-state index in [2.05, 4.69) is 15.6 Å². The van der Waals surface area contributed by atoms with E-state index in [-0.39, 0.29) is 11.8 Å². The van der Waals surface area contributed by atoms with Gasteiger partial charge in [-0.05, 0) is 43.7 Å². The molecule has 1 heterocycles. The highest BCUT2D eigenvalue weighted by Gasteiger charge is 2.22. The molecule has 4 nitrogen and oxygen atoms in total. The second-order valence-electron chi connectivity index (χ2n) is 4.95. The Morgan fingerprint density at radius 1 is 1.20 bits per heavy atom. The molecule has 0 spiro atoms. The third kappa shape index (κ3) is 3.54. The molecule has 0 saturated carbocycles. The fourth-order valence-electron chi connectivity index (χ4n) is 1.82. The van der Waals surface area contributed by atoms with Crippen molar-refractivity contribution in [2.75, 3.05) is 5.32 Å². The second kappa shape index (κ2) is 5.69. The van der Waals surface area contributed by atoms with Crippen molar-refractivity contribution in [3.05, 3.63) is 60.2 Å². The molecule has 1 aromatic heterocycles. The second-order valence-corrected chi connectivity index (χ2v) is 4.95. The van der Waals surface area contributed by atoms with Crippen LogP contribution in [0.1, 0.15) is 19.4 Å². The number of pyridine rings is 1.